The second-order valence-corrected chi connectivity index (χ2v) is 4.75. The Bertz CT molecular complexity index is 269. The van der Waals surface area contributed by atoms with E-state index < -0.39 is 23.9 Å². The molecule has 1 aliphatic rings. The van der Waals surface area contributed by atoms with Crippen molar-refractivity contribution in [3.8, 4) is 0 Å². The molecular weight excluding hydrogens is 210 g/mol. The summed E-state index contributed by atoms with van der Waals surface area (Å²) in [7, 11) is 0. The fourth-order valence-electron chi connectivity index (χ4n) is 1.94. The van der Waals surface area contributed by atoms with Gasteiger partial charge in [-0.2, -0.15) is 0 Å². The van der Waals surface area contributed by atoms with Gasteiger partial charge in [0.15, 0.2) is 0 Å². The first-order valence-electron chi connectivity index (χ1n) is 5.62. The van der Waals surface area contributed by atoms with Crippen LogP contribution in [0.2, 0.25) is 0 Å². The quantitative estimate of drug-likeness (QED) is 0.613. The molecular formula is C11H19NO4. The summed E-state index contributed by atoms with van der Waals surface area (Å²) >= 11 is 0. The van der Waals surface area contributed by atoms with Gasteiger partial charge in [-0.15, -0.1) is 0 Å². The largest absolute Gasteiger partial charge is 0.481 e. The molecule has 0 radical (unpaired) electrons. The van der Waals surface area contributed by atoms with Crippen LogP contribution in [-0.2, 0) is 9.59 Å². The van der Waals surface area contributed by atoms with Gasteiger partial charge >= 0.3 is 5.97 Å². The molecule has 0 atom stereocenters. The summed E-state index contributed by atoms with van der Waals surface area (Å²) in [5, 5.41) is 21.0. The standard InChI is InChI=1S/C11H19NO4/c1-8-2-4-11(16,5-3-8)7-12-9(13)6-10(14)15/h8,16H,2-7H2,1H3,(H,12,13)(H,14,15). The molecule has 1 amide bonds. The lowest BCUT2D eigenvalue weighted by atomic mass is 9.79. The molecule has 1 aliphatic carbocycles. The maximum absolute atomic E-state index is 11.1. The zero-order chi connectivity index (χ0) is 12.2. The van der Waals surface area contributed by atoms with Crippen molar-refractivity contribution in [1.82, 2.24) is 5.32 Å². The predicted molar refractivity (Wildman–Crippen MR) is 57.8 cm³/mol. The number of hydrogen-bond acceptors (Lipinski definition) is 3. The number of aliphatic hydroxyl groups is 1. The van der Waals surface area contributed by atoms with Crippen LogP contribution in [0.3, 0.4) is 0 Å². The second-order valence-electron chi connectivity index (χ2n) is 4.75. The molecule has 0 unspecified atom stereocenters. The van der Waals surface area contributed by atoms with Crippen LogP contribution in [0.5, 0.6) is 0 Å². The van der Waals surface area contributed by atoms with Gasteiger partial charge in [-0.3, -0.25) is 9.59 Å². The zero-order valence-electron chi connectivity index (χ0n) is 9.53. The number of hydrogen-bond donors (Lipinski definition) is 3. The molecule has 0 saturated heterocycles. The number of carboxylic acid groups (broad SMARTS) is 1. The summed E-state index contributed by atoms with van der Waals surface area (Å²) in [6, 6.07) is 0. The monoisotopic (exact) mass is 229 g/mol. The Kier molecular flexibility index (Phi) is 4.29. The van der Waals surface area contributed by atoms with Gasteiger partial charge in [0, 0.05) is 6.54 Å². The Morgan fingerprint density at radius 1 is 1.38 bits per heavy atom. The summed E-state index contributed by atoms with van der Waals surface area (Å²) in [5.74, 6) is -1.07. The van der Waals surface area contributed by atoms with E-state index in [1.54, 1.807) is 0 Å². The molecule has 1 rings (SSSR count). The van der Waals surface area contributed by atoms with Gasteiger partial charge in [-0.05, 0) is 31.6 Å². The minimum atomic E-state index is -1.15. The smallest absolute Gasteiger partial charge is 0.312 e. The third-order valence-electron chi connectivity index (χ3n) is 3.13. The number of carboxylic acids is 1. The van der Waals surface area contributed by atoms with Gasteiger partial charge in [0.2, 0.25) is 5.91 Å². The normalized spacial score (nSPS) is 29.8. The van der Waals surface area contributed by atoms with E-state index in [0.717, 1.165) is 12.8 Å². The van der Waals surface area contributed by atoms with Gasteiger partial charge in [0.25, 0.3) is 0 Å². The highest BCUT2D eigenvalue weighted by Gasteiger charge is 2.32. The van der Waals surface area contributed by atoms with Crippen LogP contribution < -0.4 is 5.32 Å². The summed E-state index contributed by atoms with van der Waals surface area (Å²) in [4.78, 5) is 21.4. The minimum Gasteiger partial charge on any atom is -0.481 e. The van der Waals surface area contributed by atoms with Crippen molar-refractivity contribution in [2.24, 2.45) is 5.92 Å². The van der Waals surface area contributed by atoms with Gasteiger partial charge in [-0.25, -0.2) is 0 Å². The highest BCUT2D eigenvalue weighted by molar-refractivity contribution is 5.93. The van der Waals surface area contributed by atoms with Crippen molar-refractivity contribution in [3.63, 3.8) is 0 Å². The van der Waals surface area contributed by atoms with Gasteiger partial charge in [0.05, 0.1) is 5.60 Å². The highest BCUT2D eigenvalue weighted by Crippen LogP contribution is 2.31. The first-order valence-corrected chi connectivity index (χ1v) is 5.62. The van der Waals surface area contributed by atoms with Gasteiger partial charge < -0.3 is 15.5 Å². The first-order chi connectivity index (χ1) is 7.41. The molecule has 0 aromatic rings. The molecule has 3 N–H and O–H groups in total. The first kappa shape index (κ1) is 13.0. The van der Waals surface area contributed by atoms with E-state index in [4.69, 9.17) is 5.11 Å². The molecule has 5 nitrogen and oxygen atoms in total. The molecule has 0 spiro atoms. The Morgan fingerprint density at radius 3 is 2.44 bits per heavy atom. The molecule has 0 aromatic heterocycles. The van der Waals surface area contributed by atoms with Crippen LogP contribution in [0, 0.1) is 5.92 Å². The number of nitrogens with one attached hydrogen (secondary N) is 1. The Hall–Kier alpha value is -1.10. The summed E-state index contributed by atoms with van der Waals surface area (Å²) in [6.45, 7) is 2.30. The Labute approximate surface area is 94.8 Å². The Morgan fingerprint density at radius 2 is 1.94 bits per heavy atom. The number of aliphatic carboxylic acids is 1. The van der Waals surface area contributed by atoms with Crippen LogP contribution in [0.15, 0.2) is 0 Å². The van der Waals surface area contributed by atoms with Crippen molar-refractivity contribution in [1.29, 1.82) is 0 Å². The lowest BCUT2D eigenvalue weighted by molar-refractivity contribution is -0.141. The third kappa shape index (κ3) is 4.18. The number of carbonyl (C=O) groups is 2. The van der Waals surface area contributed by atoms with E-state index in [-0.39, 0.29) is 6.54 Å². The van der Waals surface area contributed by atoms with Crippen molar-refractivity contribution >= 4 is 11.9 Å². The Balaban J connectivity index is 2.31. The van der Waals surface area contributed by atoms with Crippen LogP contribution >= 0.6 is 0 Å². The zero-order valence-corrected chi connectivity index (χ0v) is 9.53. The molecule has 0 aliphatic heterocycles. The molecule has 92 valence electrons. The van der Waals surface area contributed by atoms with E-state index in [9.17, 15) is 14.7 Å². The molecule has 5 heteroatoms. The number of rotatable bonds is 4. The topological polar surface area (TPSA) is 86.6 Å². The van der Waals surface area contributed by atoms with E-state index in [2.05, 4.69) is 12.2 Å². The summed E-state index contributed by atoms with van der Waals surface area (Å²) < 4.78 is 0. The summed E-state index contributed by atoms with van der Waals surface area (Å²) in [5.41, 5.74) is -0.847. The van der Waals surface area contributed by atoms with Crippen molar-refractivity contribution in [2.75, 3.05) is 6.54 Å². The predicted octanol–water partition coefficient (Wildman–Crippen LogP) is 0.518. The van der Waals surface area contributed by atoms with E-state index >= 15 is 0 Å². The van der Waals surface area contributed by atoms with E-state index in [1.807, 2.05) is 0 Å². The molecule has 0 bridgehead atoms. The summed E-state index contributed by atoms with van der Waals surface area (Å²) in [6.07, 6.45) is 2.70. The molecule has 1 saturated carbocycles. The fourth-order valence-corrected chi connectivity index (χ4v) is 1.94. The van der Waals surface area contributed by atoms with Crippen molar-refractivity contribution in [2.45, 2.75) is 44.6 Å². The van der Waals surface area contributed by atoms with Gasteiger partial charge in [-0.1, -0.05) is 6.92 Å². The average molecular weight is 229 g/mol. The van der Waals surface area contributed by atoms with Crippen molar-refractivity contribution < 1.29 is 19.8 Å². The van der Waals surface area contributed by atoms with E-state index in [1.165, 1.54) is 0 Å². The molecule has 1 fully saturated rings. The molecule has 0 heterocycles. The number of carbonyl (C=O) groups excluding carboxylic acids is 1. The van der Waals surface area contributed by atoms with E-state index in [0.29, 0.717) is 18.8 Å². The molecule has 16 heavy (non-hydrogen) atoms. The minimum absolute atomic E-state index is 0.159. The van der Waals surface area contributed by atoms with Crippen LogP contribution in [-0.4, -0.2) is 34.2 Å². The van der Waals surface area contributed by atoms with Gasteiger partial charge in [0.1, 0.15) is 6.42 Å². The third-order valence-corrected chi connectivity index (χ3v) is 3.13. The van der Waals surface area contributed by atoms with Crippen molar-refractivity contribution in [3.05, 3.63) is 0 Å². The SMILES string of the molecule is CC1CCC(O)(CNC(=O)CC(=O)O)CC1. The van der Waals surface area contributed by atoms with Crippen LogP contribution in [0.1, 0.15) is 39.0 Å². The van der Waals surface area contributed by atoms with Crippen LogP contribution in [0.25, 0.3) is 0 Å². The maximum Gasteiger partial charge on any atom is 0.312 e. The maximum atomic E-state index is 11.1. The molecule has 0 aromatic carbocycles. The lowest BCUT2D eigenvalue weighted by Gasteiger charge is -2.34. The fraction of sp³-hybridized carbons (Fsp3) is 0.818. The second kappa shape index (κ2) is 5.30. The highest BCUT2D eigenvalue weighted by atomic mass is 16.4. The average Bonchev–Trinajstić information content (AvgIpc) is 2.20. The lowest BCUT2D eigenvalue weighted by Crippen LogP contribution is -2.45. The number of amides is 1. The van der Waals surface area contributed by atoms with Crippen LogP contribution in [0.4, 0.5) is 0 Å².